The summed E-state index contributed by atoms with van der Waals surface area (Å²) in [7, 11) is 0. The SMILES string of the molecule is CC(C)=CC(=O)OC(C)(C)C(=O)OC(C)(C)C. The van der Waals surface area contributed by atoms with Gasteiger partial charge in [-0.2, -0.15) is 0 Å². The van der Waals surface area contributed by atoms with Crippen LogP contribution < -0.4 is 0 Å². The van der Waals surface area contributed by atoms with Gasteiger partial charge in [-0.3, -0.25) is 0 Å². The van der Waals surface area contributed by atoms with E-state index in [-0.39, 0.29) is 0 Å². The molecule has 0 unspecified atom stereocenters. The minimum Gasteiger partial charge on any atom is -0.457 e. The van der Waals surface area contributed by atoms with Crippen LogP contribution >= 0.6 is 0 Å². The molecule has 0 spiro atoms. The molecule has 0 saturated heterocycles. The number of rotatable bonds is 3. The summed E-state index contributed by atoms with van der Waals surface area (Å²) < 4.78 is 10.2. The van der Waals surface area contributed by atoms with Crippen LogP contribution in [0.4, 0.5) is 0 Å². The summed E-state index contributed by atoms with van der Waals surface area (Å²) in [5, 5.41) is 0. The molecule has 0 aromatic rings. The molecule has 17 heavy (non-hydrogen) atoms. The van der Waals surface area contributed by atoms with Crippen LogP contribution in [0.25, 0.3) is 0 Å². The van der Waals surface area contributed by atoms with Gasteiger partial charge >= 0.3 is 11.9 Å². The van der Waals surface area contributed by atoms with Crippen LogP contribution in [0, 0.1) is 0 Å². The van der Waals surface area contributed by atoms with Crippen molar-refractivity contribution in [1.29, 1.82) is 0 Å². The highest BCUT2D eigenvalue weighted by Crippen LogP contribution is 2.17. The highest BCUT2D eigenvalue weighted by molar-refractivity contribution is 5.87. The van der Waals surface area contributed by atoms with Gasteiger partial charge in [0.05, 0.1) is 0 Å². The zero-order valence-electron chi connectivity index (χ0n) is 11.7. The summed E-state index contributed by atoms with van der Waals surface area (Å²) in [5.74, 6) is -1.10. The molecule has 0 heterocycles. The Kier molecular flexibility index (Phi) is 4.93. The third-order valence-corrected chi connectivity index (χ3v) is 1.65. The first kappa shape index (κ1) is 15.7. The van der Waals surface area contributed by atoms with Gasteiger partial charge < -0.3 is 9.47 Å². The summed E-state index contributed by atoms with van der Waals surface area (Å²) in [4.78, 5) is 23.2. The molecule has 0 radical (unpaired) electrons. The van der Waals surface area contributed by atoms with Crippen molar-refractivity contribution in [3.63, 3.8) is 0 Å². The lowest BCUT2D eigenvalue weighted by atomic mass is 10.1. The van der Waals surface area contributed by atoms with Gasteiger partial charge in [0.1, 0.15) is 5.60 Å². The molecule has 0 aromatic carbocycles. The van der Waals surface area contributed by atoms with E-state index in [0.29, 0.717) is 0 Å². The lowest BCUT2D eigenvalue weighted by molar-refractivity contribution is -0.184. The van der Waals surface area contributed by atoms with Crippen molar-refractivity contribution in [2.75, 3.05) is 0 Å². The maximum Gasteiger partial charge on any atom is 0.350 e. The molecule has 0 N–H and O–H groups in total. The third kappa shape index (κ3) is 6.76. The van der Waals surface area contributed by atoms with E-state index in [9.17, 15) is 9.59 Å². The van der Waals surface area contributed by atoms with Crippen LogP contribution in [0.15, 0.2) is 11.6 Å². The summed E-state index contributed by atoms with van der Waals surface area (Å²) >= 11 is 0. The van der Waals surface area contributed by atoms with E-state index in [1.807, 2.05) is 0 Å². The lowest BCUT2D eigenvalue weighted by Crippen LogP contribution is -2.42. The Morgan fingerprint density at radius 2 is 1.41 bits per heavy atom. The van der Waals surface area contributed by atoms with Crippen LogP contribution in [0.5, 0.6) is 0 Å². The van der Waals surface area contributed by atoms with Gasteiger partial charge in [0.15, 0.2) is 0 Å². The Balaban J connectivity index is 4.63. The van der Waals surface area contributed by atoms with E-state index in [1.54, 1.807) is 34.6 Å². The molecule has 0 aliphatic heterocycles. The monoisotopic (exact) mass is 242 g/mol. The average Bonchev–Trinajstić information content (AvgIpc) is 1.96. The summed E-state index contributed by atoms with van der Waals surface area (Å²) in [6.07, 6.45) is 1.34. The quantitative estimate of drug-likeness (QED) is 0.564. The molecule has 98 valence electrons. The fourth-order valence-corrected chi connectivity index (χ4v) is 0.959. The van der Waals surface area contributed by atoms with Gasteiger partial charge in [0, 0.05) is 6.08 Å². The van der Waals surface area contributed by atoms with Crippen LogP contribution in [0.3, 0.4) is 0 Å². The second kappa shape index (κ2) is 5.34. The Hall–Kier alpha value is -1.32. The maximum absolute atomic E-state index is 11.8. The number of ether oxygens (including phenoxy) is 2. The van der Waals surface area contributed by atoms with Crippen molar-refractivity contribution in [2.24, 2.45) is 0 Å². The standard InChI is InChI=1S/C13H22O4/c1-9(2)8-10(14)16-13(6,7)11(15)17-12(3,4)5/h8H,1-7H3. The smallest absolute Gasteiger partial charge is 0.350 e. The first-order valence-corrected chi connectivity index (χ1v) is 5.55. The Morgan fingerprint density at radius 3 is 1.76 bits per heavy atom. The van der Waals surface area contributed by atoms with Gasteiger partial charge in [-0.1, -0.05) is 5.57 Å². The van der Waals surface area contributed by atoms with Crippen LogP contribution in [-0.2, 0) is 19.1 Å². The minimum absolute atomic E-state index is 0.541. The molecule has 0 rings (SSSR count). The summed E-state index contributed by atoms with van der Waals surface area (Å²) in [5.41, 5.74) is -1.07. The van der Waals surface area contributed by atoms with Crippen molar-refractivity contribution < 1.29 is 19.1 Å². The minimum atomic E-state index is -1.28. The summed E-state index contributed by atoms with van der Waals surface area (Å²) in [6, 6.07) is 0. The molecule has 0 saturated carbocycles. The fourth-order valence-electron chi connectivity index (χ4n) is 0.959. The van der Waals surface area contributed by atoms with E-state index >= 15 is 0 Å². The largest absolute Gasteiger partial charge is 0.457 e. The Morgan fingerprint density at radius 1 is 0.941 bits per heavy atom. The molecule has 4 heteroatoms. The topological polar surface area (TPSA) is 52.6 Å². The van der Waals surface area contributed by atoms with E-state index in [4.69, 9.17) is 9.47 Å². The highest BCUT2D eigenvalue weighted by atomic mass is 16.6. The van der Waals surface area contributed by atoms with E-state index in [0.717, 1.165) is 5.57 Å². The van der Waals surface area contributed by atoms with Crippen molar-refractivity contribution in [3.8, 4) is 0 Å². The zero-order chi connectivity index (χ0) is 13.9. The average molecular weight is 242 g/mol. The van der Waals surface area contributed by atoms with Crippen molar-refractivity contribution >= 4 is 11.9 Å². The lowest BCUT2D eigenvalue weighted by Gasteiger charge is -2.27. The molecule has 0 aliphatic carbocycles. The fraction of sp³-hybridized carbons (Fsp3) is 0.692. The van der Waals surface area contributed by atoms with Gasteiger partial charge in [-0.25, -0.2) is 9.59 Å². The molecular weight excluding hydrogens is 220 g/mol. The van der Waals surface area contributed by atoms with Crippen molar-refractivity contribution in [1.82, 2.24) is 0 Å². The van der Waals surface area contributed by atoms with Crippen LogP contribution in [-0.4, -0.2) is 23.1 Å². The normalized spacial score (nSPS) is 11.7. The molecular formula is C13H22O4. The van der Waals surface area contributed by atoms with Gasteiger partial charge in [0.2, 0.25) is 5.60 Å². The zero-order valence-corrected chi connectivity index (χ0v) is 11.7. The number of hydrogen-bond donors (Lipinski definition) is 0. The molecule has 0 aromatic heterocycles. The van der Waals surface area contributed by atoms with E-state index in [2.05, 4.69) is 0 Å². The van der Waals surface area contributed by atoms with Gasteiger partial charge in [-0.05, 0) is 48.5 Å². The van der Waals surface area contributed by atoms with E-state index in [1.165, 1.54) is 19.9 Å². The Labute approximate surface area is 103 Å². The number of hydrogen-bond acceptors (Lipinski definition) is 4. The van der Waals surface area contributed by atoms with E-state index < -0.39 is 23.1 Å². The Bertz CT molecular complexity index is 328. The second-order valence-electron chi connectivity index (χ2n) is 5.65. The van der Waals surface area contributed by atoms with Gasteiger partial charge in [-0.15, -0.1) is 0 Å². The summed E-state index contributed by atoms with van der Waals surface area (Å²) in [6.45, 7) is 11.9. The number of allylic oxidation sites excluding steroid dienone is 1. The molecule has 0 amide bonds. The molecule has 0 aliphatic rings. The molecule has 0 bridgehead atoms. The molecule has 0 fully saturated rings. The number of carbonyl (C=O) groups is 2. The first-order chi connectivity index (χ1) is 7.44. The van der Waals surface area contributed by atoms with Gasteiger partial charge in [0.25, 0.3) is 0 Å². The van der Waals surface area contributed by atoms with Crippen LogP contribution in [0.1, 0.15) is 48.5 Å². The van der Waals surface area contributed by atoms with Crippen molar-refractivity contribution in [2.45, 2.75) is 59.7 Å². The molecule has 4 nitrogen and oxygen atoms in total. The third-order valence-electron chi connectivity index (χ3n) is 1.65. The predicted molar refractivity (Wildman–Crippen MR) is 65.4 cm³/mol. The maximum atomic E-state index is 11.8. The first-order valence-electron chi connectivity index (χ1n) is 5.55. The van der Waals surface area contributed by atoms with Crippen LogP contribution in [0.2, 0.25) is 0 Å². The van der Waals surface area contributed by atoms with Crippen molar-refractivity contribution in [3.05, 3.63) is 11.6 Å². The number of esters is 2. The second-order valence-corrected chi connectivity index (χ2v) is 5.65. The highest BCUT2D eigenvalue weighted by Gasteiger charge is 2.35. The number of carbonyl (C=O) groups excluding carboxylic acids is 2. The molecule has 0 atom stereocenters. The predicted octanol–water partition coefficient (Wildman–Crippen LogP) is 2.62.